The fraction of sp³-hybridized carbons (Fsp3) is 0.226. The van der Waals surface area contributed by atoms with Crippen molar-refractivity contribution in [2.75, 3.05) is 20.3 Å². The summed E-state index contributed by atoms with van der Waals surface area (Å²) < 4.78 is 23.7. The maximum atomic E-state index is 12.6. The Kier molecular flexibility index (Phi) is 11.4. The van der Waals surface area contributed by atoms with Gasteiger partial charge >= 0.3 is 12.0 Å². The summed E-state index contributed by atoms with van der Waals surface area (Å²) in [7, 11) is 1.44. The number of hydrogen-bond acceptors (Lipinski definition) is 8. The Bertz CT molecular complexity index is 1570. The standard InChI is InChI=1S/C31H30Br2N4O7/c1-4-42-30(39)27-18(2)35-31(40)36-28(27)21-10-11-24(25(14-21)41-3)43-17-26(38)37-34-15-20-12-22(32)29(23(33)13-20)44-16-19-8-6-5-7-9-19/h5-15,28H,4,16-17H2,1-3H3,(H,37,38)(H2,35,36,40)/b34-15-/t28-/m1/s1. The first-order chi connectivity index (χ1) is 21.2. The largest absolute Gasteiger partial charge is 0.493 e. The van der Waals surface area contributed by atoms with E-state index in [0.29, 0.717) is 34.9 Å². The number of amides is 3. The SMILES string of the molecule is CCOC(=O)C1=C(C)NC(=O)N[C@@H]1c1ccc(OCC(=O)N/N=C\c2cc(Br)c(OCc3ccccc3)c(Br)c2)c(OC)c1. The molecule has 0 saturated carbocycles. The van der Waals surface area contributed by atoms with Crippen LogP contribution in [0.4, 0.5) is 4.79 Å². The number of benzene rings is 3. The summed E-state index contributed by atoms with van der Waals surface area (Å²) in [4.78, 5) is 37.2. The zero-order valence-electron chi connectivity index (χ0n) is 24.1. The molecule has 0 saturated heterocycles. The van der Waals surface area contributed by atoms with Gasteiger partial charge in [0.2, 0.25) is 0 Å². The fourth-order valence-corrected chi connectivity index (χ4v) is 5.73. The number of methoxy groups -OCH3 is 1. The van der Waals surface area contributed by atoms with E-state index in [1.54, 1.807) is 32.0 Å². The number of halogens is 2. The highest BCUT2D eigenvalue weighted by Gasteiger charge is 2.32. The lowest BCUT2D eigenvalue weighted by Gasteiger charge is -2.28. The molecule has 0 bridgehead atoms. The van der Waals surface area contributed by atoms with Crippen molar-refractivity contribution in [3.63, 3.8) is 0 Å². The molecule has 3 N–H and O–H groups in total. The summed E-state index contributed by atoms with van der Waals surface area (Å²) in [5, 5.41) is 9.35. The Morgan fingerprint density at radius 1 is 1.02 bits per heavy atom. The Hall–Kier alpha value is -4.36. The molecule has 1 aliphatic heterocycles. The van der Waals surface area contributed by atoms with E-state index in [0.717, 1.165) is 14.5 Å². The lowest BCUT2D eigenvalue weighted by Crippen LogP contribution is -2.45. The van der Waals surface area contributed by atoms with Crippen LogP contribution in [0.3, 0.4) is 0 Å². The highest BCUT2D eigenvalue weighted by Crippen LogP contribution is 2.36. The third-order valence-corrected chi connectivity index (χ3v) is 7.47. The molecule has 13 heteroatoms. The predicted octanol–water partition coefficient (Wildman–Crippen LogP) is 5.52. The van der Waals surface area contributed by atoms with E-state index in [9.17, 15) is 14.4 Å². The van der Waals surface area contributed by atoms with Crippen molar-refractivity contribution < 1.29 is 33.3 Å². The van der Waals surface area contributed by atoms with Gasteiger partial charge in [-0.2, -0.15) is 5.10 Å². The third kappa shape index (κ3) is 8.38. The second-order valence-corrected chi connectivity index (χ2v) is 11.1. The number of nitrogens with one attached hydrogen (secondary N) is 3. The van der Waals surface area contributed by atoms with E-state index in [4.69, 9.17) is 18.9 Å². The summed E-state index contributed by atoms with van der Waals surface area (Å²) in [5.41, 5.74) is 5.41. The van der Waals surface area contributed by atoms with Crippen LogP contribution in [-0.2, 0) is 20.9 Å². The van der Waals surface area contributed by atoms with Crippen molar-refractivity contribution in [1.29, 1.82) is 0 Å². The molecule has 230 valence electrons. The first kappa shape index (κ1) is 32.6. The minimum absolute atomic E-state index is 0.185. The van der Waals surface area contributed by atoms with Gasteiger partial charge in [-0.05, 0) is 86.7 Å². The van der Waals surface area contributed by atoms with Gasteiger partial charge in [-0.1, -0.05) is 36.4 Å². The van der Waals surface area contributed by atoms with Gasteiger partial charge in [-0.3, -0.25) is 4.79 Å². The molecule has 0 fully saturated rings. The molecule has 0 aromatic heterocycles. The van der Waals surface area contributed by atoms with Crippen LogP contribution in [0.15, 0.2) is 86.0 Å². The van der Waals surface area contributed by atoms with Crippen molar-refractivity contribution in [1.82, 2.24) is 16.1 Å². The van der Waals surface area contributed by atoms with E-state index in [1.165, 1.54) is 13.3 Å². The average Bonchev–Trinajstić information content (AvgIpc) is 2.99. The number of carbonyl (C=O) groups is 3. The van der Waals surface area contributed by atoms with Gasteiger partial charge in [-0.25, -0.2) is 15.0 Å². The number of ether oxygens (including phenoxy) is 4. The highest BCUT2D eigenvalue weighted by atomic mass is 79.9. The molecule has 3 aromatic carbocycles. The topological polar surface area (TPSA) is 137 Å². The Balaban J connectivity index is 1.36. The van der Waals surface area contributed by atoms with Gasteiger partial charge in [0.15, 0.2) is 18.1 Å². The van der Waals surface area contributed by atoms with Crippen molar-refractivity contribution >= 4 is 56.0 Å². The maximum Gasteiger partial charge on any atom is 0.338 e. The molecule has 1 heterocycles. The van der Waals surface area contributed by atoms with Crippen LogP contribution in [0, 0.1) is 0 Å². The summed E-state index contributed by atoms with van der Waals surface area (Å²) in [6.45, 7) is 3.58. The number of hydrogen-bond donors (Lipinski definition) is 3. The molecule has 0 radical (unpaired) electrons. The number of rotatable bonds is 12. The molecule has 4 rings (SSSR count). The molecule has 44 heavy (non-hydrogen) atoms. The molecular weight excluding hydrogens is 700 g/mol. The summed E-state index contributed by atoms with van der Waals surface area (Å²) in [6.07, 6.45) is 1.49. The summed E-state index contributed by atoms with van der Waals surface area (Å²) in [6, 6.07) is 17.1. The second kappa shape index (κ2) is 15.4. The minimum atomic E-state index is -0.770. The van der Waals surface area contributed by atoms with Crippen LogP contribution in [0.25, 0.3) is 0 Å². The first-order valence-corrected chi connectivity index (χ1v) is 15.0. The number of carbonyl (C=O) groups excluding carboxylic acids is 3. The van der Waals surface area contributed by atoms with Crippen LogP contribution in [-0.4, -0.2) is 44.4 Å². The quantitative estimate of drug-likeness (QED) is 0.127. The monoisotopic (exact) mass is 728 g/mol. The van der Waals surface area contributed by atoms with Gasteiger partial charge < -0.3 is 29.6 Å². The average molecular weight is 730 g/mol. The smallest absolute Gasteiger partial charge is 0.338 e. The highest BCUT2D eigenvalue weighted by molar-refractivity contribution is 9.11. The van der Waals surface area contributed by atoms with Crippen LogP contribution in [0.5, 0.6) is 17.2 Å². The lowest BCUT2D eigenvalue weighted by atomic mass is 9.95. The van der Waals surface area contributed by atoms with Gasteiger partial charge in [-0.15, -0.1) is 0 Å². The van der Waals surface area contributed by atoms with Crippen molar-refractivity contribution in [3.05, 3.63) is 97.6 Å². The van der Waals surface area contributed by atoms with E-state index >= 15 is 0 Å². The van der Waals surface area contributed by atoms with Crippen molar-refractivity contribution in [2.24, 2.45) is 5.10 Å². The second-order valence-electron chi connectivity index (χ2n) is 9.37. The normalized spacial score (nSPS) is 14.5. The van der Waals surface area contributed by atoms with Crippen LogP contribution in [0.2, 0.25) is 0 Å². The molecule has 3 aromatic rings. The summed E-state index contributed by atoms with van der Waals surface area (Å²) in [5.74, 6) is 0.187. The van der Waals surface area contributed by atoms with Crippen molar-refractivity contribution in [2.45, 2.75) is 26.5 Å². The van der Waals surface area contributed by atoms with E-state index in [1.807, 2.05) is 42.5 Å². The summed E-state index contributed by atoms with van der Waals surface area (Å²) >= 11 is 7.05. The molecule has 3 amide bonds. The van der Waals surface area contributed by atoms with Crippen molar-refractivity contribution in [3.8, 4) is 17.2 Å². The molecular formula is C31H30Br2N4O7. The first-order valence-electron chi connectivity index (χ1n) is 13.4. The number of nitrogens with zero attached hydrogens (tertiary/aromatic N) is 1. The van der Waals surface area contributed by atoms with Crippen LogP contribution < -0.4 is 30.3 Å². The lowest BCUT2D eigenvalue weighted by molar-refractivity contribution is -0.139. The van der Waals surface area contributed by atoms with Gasteiger partial charge in [0.25, 0.3) is 5.91 Å². The van der Waals surface area contributed by atoms with E-state index in [2.05, 4.69) is 53.0 Å². The third-order valence-electron chi connectivity index (χ3n) is 6.29. The molecule has 0 unspecified atom stereocenters. The number of esters is 1. The Morgan fingerprint density at radius 2 is 1.75 bits per heavy atom. The Morgan fingerprint density at radius 3 is 2.43 bits per heavy atom. The molecule has 1 aliphatic rings. The molecule has 0 aliphatic carbocycles. The van der Waals surface area contributed by atoms with Crippen LogP contribution in [0.1, 0.15) is 36.6 Å². The predicted molar refractivity (Wildman–Crippen MR) is 171 cm³/mol. The zero-order valence-corrected chi connectivity index (χ0v) is 27.3. The number of urea groups is 1. The fourth-order valence-electron chi connectivity index (χ4n) is 4.28. The minimum Gasteiger partial charge on any atom is -0.493 e. The van der Waals surface area contributed by atoms with Gasteiger partial charge in [0.1, 0.15) is 12.4 Å². The van der Waals surface area contributed by atoms with Crippen LogP contribution >= 0.6 is 31.9 Å². The zero-order chi connectivity index (χ0) is 31.6. The molecule has 11 nitrogen and oxygen atoms in total. The molecule has 0 spiro atoms. The maximum absolute atomic E-state index is 12.6. The van der Waals surface area contributed by atoms with E-state index < -0.39 is 23.9 Å². The van der Waals surface area contributed by atoms with Gasteiger partial charge in [0, 0.05) is 5.70 Å². The number of hydrazone groups is 1. The number of allylic oxidation sites excluding steroid dienone is 1. The van der Waals surface area contributed by atoms with E-state index in [-0.39, 0.29) is 24.5 Å². The Labute approximate surface area is 271 Å². The molecule has 1 atom stereocenters. The van der Waals surface area contributed by atoms with Gasteiger partial charge in [0.05, 0.1) is 40.5 Å².